The lowest BCUT2D eigenvalue weighted by atomic mass is 9.92. The van der Waals surface area contributed by atoms with Gasteiger partial charge < -0.3 is 19.8 Å². The van der Waals surface area contributed by atoms with Crippen molar-refractivity contribution in [3.05, 3.63) is 86.2 Å². The maximum Gasteiger partial charge on any atom is 0.293 e. The van der Waals surface area contributed by atoms with Crippen molar-refractivity contribution >= 4 is 51.8 Å². The zero-order valence-electron chi connectivity index (χ0n) is 23.6. The quantitative estimate of drug-likeness (QED) is 0.125. The number of benzene rings is 3. The molecule has 44 heavy (non-hydrogen) atoms. The van der Waals surface area contributed by atoms with Crippen LogP contribution in [0, 0.1) is 33.7 Å². The lowest BCUT2D eigenvalue weighted by Crippen LogP contribution is -2.39. The Kier molecular flexibility index (Phi) is 8.57. The minimum atomic E-state index is -0.590. The molecule has 226 valence electrons. The normalized spacial score (nSPS) is 14.9. The van der Waals surface area contributed by atoms with E-state index in [2.05, 4.69) is 29.1 Å². The molecule has 11 nitrogen and oxygen atoms in total. The van der Waals surface area contributed by atoms with E-state index in [9.17, 15) is 19.3 Å². The van der Waals surface area contributed by atoms with Gasteiger partial charge in [0.1, 0.15) is 39.5 Å². The van der Waals surface area contributed by atoms with E-state index in [1.807, 2.05) is 10.6 Å². The van der Waals surface area contributed by atoms with Crippen LogP contribution in [0.3, 0.4) is 0 Å². The molecule has 2 aliphatic heterocycles. The molecule has 0 aliphatic carbocycles. The standard InChI is InChI=1S/C18H17FN4O2S.C12H9ClN2O3/c1-4-5-22-13-7-12(11(19)6-14(13)25-9-16(22)24)20-17-23-10-18(2,3)8-15(23)21-26-17;13-11-10(18-8-4-2-1-3-5-8)7-6-9(12(11)14)15(16)17/h1,6-7H,5,8-10H2,2-3H3;1-7H,14H2. The molecular formula is C30H26ClFN6O5S. The Hall–Kier alpha value is -4.93. The molecule has 2 aliphatic rings. The Morgan fingerprint density at radius 2 is 2.05 bits per heavy atom. The zero-order valence-corrected chi connectivity index (χ0v) is 25.2. The fourth-order valence-electron chi connectivity index (χ4n) is 4.66. The average Bonchev–Trinajstić information content (AvgIpc) is 3.49. The number of nitrogens with two attached hydrogens (primary N) is 1. The summed E-state index contributed by atoms with van der Waals surface area (Å²) in [6.07, 6.45) is 6.22. The highest BCUT2D eigenvalue weighted by Gasteiger charge is 2.31. The lowest BCUT2D eigenvalue weighted by molar-refractivity contribution is -0.383. The zero-order chi connectivity index (χ0) is 31.6. The third-order valence-electron chi connectivity index (χ3n) is 6.72. The number of halogens is 2. The first-order valence-electron chi connectivity index (χ1n) is 13.2. The van der Waals surface area contributed by atoms with Crippen LogP contribution < -0.4 is 24.9 Å². The highest BCUT2D eigenvalue weighted by atomic mass is 35.5. The van der Waals surface area contributed by atoms with Gasteiger partial charge in [0.05, 0.1) is 17.2 Å². The molecule has 0 radical (unpaired) electrons. The summed E-state index contributed by atoms with van der Waals surface area (Å²) < 4.78 is 31.8. The molecule has 0 saturated carbocycles. The number of anilines is 2. The molecule has 3 heterocycles. The molecule has 0 bridgehead atoms. The van der Waals surface area contributed by atoms with Gasteiger partial charge in [-0.25, -0.2) is 9.38 Å². The molecule has 6 rings (SSSR count). The Morgan fingerprint density at radius 3 is 2.75 bits per heavy atom. The van der Waals surface area contributed by atoms with Crippen molar-refractivity contribution in [1.29, 1.82) is 0 Å². The van der Waals surface area contributed by atoms with Crippen LogP contribution in [-0.2, 0) is 17.8 Å². The van der Waals surface area contributed by atoms with Crippen LogP contribution in [0.2, 0.25) is 5.02 Å². The second-order valence-corrected chi connectivity index (χ2v) is 11.8. The number of nitro benzene ring substituents is 1. The SMILES string of the molecule is C#CCN1C(=O)COc2cc(F)c(N=c3snc4n3CC(C)(C)C4)cc21.Nc1c([N+](=O)[O-])ccc(Oc2ccccc2)c1Cl. The summed E-state index contributed by atoms with van der Waals surface area (Å²) in [7, 11) is 0. The molecule has 4 aromatic rings. The van der Waals surface area contributed by atoms with Gasteiger partial charge in [0.15, 0.2) is 12.4 Å². The smallest absolute Gasteiger partial charge is 0.293 e. The summed E-state index contributed by atoms with van der Waals surface area (Å²) in [5, 5.41) is 10.7. The van der Waals surface area contributed by atoms with Gasteiger partial charge in [-0.15, -0.1) is 6.42 Å². The van der Waals surface area contributed by atoms with Gasteiger partial charge >= 0.3 is 0 Å². The summed E-state index contributed by atoms with van der Waals surface area (Å²) >= 11 is 7.18. The van der Waals surface area contributed by atoms with Crippen LogP contribution in [0.4, 0.5) is 27.1 Å². The summed E-state index contributed by atoms with van der Waals surface area (Å²) in [5.74, 6) is 3.78. The topological polar surface area (TPSA) is 138 Å². The summed E-state index contributed by atoms with van der Waals surface area (Å²) in [6.45, 7) is 5.05. The van der Waals surface area contributed by atoms with Crippen LogP contribution in [0.25, 0.3) is 0 Å². The van der Waals surface area contributed by atoms with E-state index in [4.69, 9.17) is 33.2 Å². The number of carbonyl (C=O) groups excluding carboxylic acids is 1. The van der Waals surface area contributed by atoms with Crippen LogP contribution >= 0.6 is 23.1 Å². The van der Waals surface area contributed by atoms with E-state index >= 15 is 0 Å². The van der Waals surface area contributed by atoms with Crippen molar-refractivity contribution in [2.24, 2.45) is 10.4 Å². The van der Waals surface area contributed by atoms with E-state index in [1.165, 1.54) is 40.7 Å². The maximum atomic E-state index is 14.5. The predicted molar refractivity (Wildman–Crippen MR) is 165 cm³/mol. The third-order valence-corrected chi connectivity index (χ3v) is 7.89. The summed E-state index contributed by atoms with van der Waals surface area (Å²) in [4.78, 5) is 28.6. The first kappa shape index (κ1) is 30.5. The number of terminal acetylenes is 1. The fraction of sp³-hybridized carbons (Fsp3) is 0.233. The van der Waals surface area contributed by atoms with Crippen molar-refractivity contribution in [3.8, 4) is 29.6 Å². The number of para-hydroxylation sites is 1. The predicted octanol–water partition coefficient (Wildman–Crippen LogP) is 5.88. The van der Waals surface area contributed by atoms with Crippen molar-refractivity contribution in [2.45, 2.75) is 26.8 Å². The molecule has 14 heteroatoms. The molecule has 3 aromatic carbocycles. The summed E-state index contributed by atoms with van der Waals surface area (Å²) in [5.41, 5.74) is 5.92. The average molecular weight is 637 g/mol. The number of rotatable bonds is 5. The number of aromatic nitrogens is 2. The first-order chi connectivity index (χ1) is 21.0. The lowest BCUT2D eigenvalue weighted by Gasteiger charge is -2.28. The number of hydrogen-bond donors (Lipinski definition) is 1. The van der Waals surface area contributed by atoms with Crippen LogP contribution in [0.5, 0.6) is 17.2 Å². The molecule has 0 spiro atoms. The van der Waals surface area contributed by atoms with E-state index in [0.29, 0.717) is 22.0 Å². The van der Waals surface area contributed by atoms with Crippen LogP contribution in [-0.4, -0.2) is 32.9 Å². The van der Waals surface area contributed by atoms with Gasteiger partial charge in [-0.05, 0) is 29.7 Å². The van der Waals surface area contributed by atoms with E-state index in [-0.39, 0.29) is 52.3 Å². The van der Waals surface area contributed by atoms with Crippen LogP contribution in [0.15, 0.2) is 59.6 Å². The molecule has 0 fully saturated rings. The number of hydrogen-bond acceptors (Lipinski definition) is 9. The summed E-state index contributed by atoms with van der Waals surface area (Å²) in [6, 6.07) is 14.4. The van der Waals surface area contributed by atoms with Crippen molar-refractivity contribution in [1.82, 2.24) is 8.94 Å². The number of nitrogen functional groups attached to an aromatic ring is 1. The minimum absolute atomic E-state index is 0.0352. The minimum Gasteiger partial charge on any atom is -0.481 e. The van der Waals surface area contributed by atoms with E-state index < -0.39 is 10.7 Å². The van der Waals surface area contributed by atoms with Crippen molar-refractivity contribution in [2.75, 3.05) is 23.8 Å². The molecule has 0 saturated heterocycles. The van der Waals surface area contributed by atoms with E-state index in [1.54, 1.807) is 24.3 Å². The monoisotopic (exact) mass is 636 g/mol. The van der Waals surface area contributed by atoms with Gasteiger partial charge in [0.2, 0.25) is 4.80 Å². The Balaban J connectivity index is 0.000000187. The van der Waals surface area contributed by atoms with Gasteiger partial charge in [0, 0.05) is 36.6 Å². The van der Waals surface area contributed by atoms with Crippen molar-refractivity contribution < 1.29 is 23.6 Å². The van der Waals surface area contributed by atoms with Gasteiger partial charge in [0.25, 0.3) is 11.6 Å². The molecular weight excluding hydrogens is 611 g/mol. The molecule has 1 aromatic heterocycles. The van der Waals surface area contributed by atoms with Crippen LogP contribution in [0.1, 0.15) is 19.7 Å². The molecule has 2 N–H and O–H groups in total. The number of nitro groups is 1. The van der Waals surface area contributed by atoms with Crippen molar-refractivity contribution in [3.63, 3.8) is 0 Å². The number of nitrogens with zero attached hydrogens (tertiary/aromatic N) is 5. The maximum absolute atomic E-state index is 14.5. The van der Waals surface area contributed by atoms with E-state index in [0.717, 1.165) is 18.8 Å². The molecule has 0 unspecified atom stereocenters. The Morgan fingerprint density at radius 1 is 1.30 bits per heavy atom. The number of fused-ring (bicyclic) bond motifs is 2. The fourth-order valence-corrected chi connectivity index (χ4v) is 5.62. The Bertz CT molecular complexity index is 1870. The molecule has 0 atom stereocenters. The highest BCUT2D eigenvalue weighted by Crippen LogP contribution is 2.39. The van der Waals surface area contributed by atoms with Gasteiger partial charge in [-0.1, -0.05) is 49.6 Å². The first-order valence-corrected chi connectivity index (χ1v) is 14.4. The number of ether oxygens (including phenoxy) is 2. The second-order valence-electron chi connectivity index (χ2n) is 10.6. The van der Waals surface area contributed by atoms with Gasteiger partial charge in [-0.3, -0.25) is 19.8 Å². The highest BCUT2D eigenvalue weighted by molar-refractivity contribution is 7.02. The van der Waals surface area contributed by atoms with Gasteiger partial charge in [-0.2, -0.15) is 4.37 Å². The largest absolute Gasteiger partial charge is 0.481 e. The molecule has 1 amide bonds. The second kappa shape index (κ2) is 12.4. The third kappa shape index (κ3) is 6.36. The number of amides is 1. The Labute approximate surface area is 260 Å². The number of carbonyl (C=O) groups is 1.